The molecule has 2 rings (SSSR count). The third kappa shape index (κ3) is 2.90. The monoisotopic (exact) mass is 266 g/mol. The zero-order chi connectivity index (χ0) is 13.0. The van der Waals surface area contributed by atoms with Gasteiger partial charge in [-0.2, -0.15) is 5.10 Å². The number of amides is 1. The molecule has 0 saturated heterocycles. The van der Waals surface area contributed by atoms with Gasteiger partial charge >= 0.3 is 0 Å². The van der Waals surface area contributed by atoms with Crippen molar-refractivity contribution in [3.05, 3.63) is 28.2 Å². The molecule has 2 heterocycles. The predicted octanol–water partition coefficient (Wildman–Crippen LogP) is 0.0346. The Kier molecular flexibility index (Phi) is 4.00. The molecule has 7 nitrogen and oxygen atoms in total. The van der Waals surface area contributed by atoms with E-state index in [1.54, 1.807) is 17.3 Å². The van der Waals surface area contributed by atoms with Crippen LogP contribution < -0.4 is 5.73 Å². The van der Waals surface area contributed by atoms with Crippen molar-refractivity contribution in [3.8, 4) is 0 Å². The number of nitrogens with zero attached hydrogens (tertiary/aromatic N) is 4. The second kappa shape index (κ2) is 5.69. The molecule has 2 aromatic heterocycles. The van der Waals surface area contributed by atoms with Gasteiger partial charge in [0.25, 0.3) is 5.91 Å². The smallest absolute Gasteiger partial charge is 0.273 e. The minimum Gasteiger partial charge on any atom is -0.333 e. The molecule has 0 spiro atoms. The third-order valence-corrected chi connectivity index (χ3v) is 3.24. The van der Waals surface area contributed by atoms with Crippen molar-refractivity contribution in [2.24, 2.45) is 5.73 Å². The van der Waals surface area contributed by atoms with Crippen molar-refractivity contribution in [1.29, 1.82) is 0 Å². The van der Waals surface area contributed by atoms with E-state index in [1.807, 2.05) is 0 Å². The van der Waals surface area contributed by atoms with E-state index in [2.05, 4.69) is 20.2 Å². The first kappa shape index (κ1) is 12.7. The highest BCUT2D eigenvalue weighted by molar-refractivity contribution is 7.09. The van der Waals surface area contributed by atoms with Crippen molar-refractivity contribution >= 4 is 17.2 Å². The van der Waals surface area contributed by atoms with E-state index in [9.17, 15) is 4.79 Å². The molecule has 0 aliphatic heterocycles. The summed E-state index contributed by atoms with van der Waals surface area (Å²) < 4.78 is 0. The van der Waals surface area contributed by atoms with Crippen LogP contribution in [-0.4, -0.2) is 44.6 Å². The first-order valence-corrected chi connectivity index (χ1v) is 6.33. The van der Waals surface area contributed by atoms with E-state index in [0.29, 0.717) is 31.0 Å². The van der Waals surface area contributed by atoms with Crippen LogP contribution in [0.15, 0.2) is 11.7 Å². The summed E-state index contributed by atoms with van der Waals surface area (Å²) >= 11 is 1.45. The van der Waals surface area contributed by atoms with Crippen LogP contribution in [0.2, 0.25) is 0 Å². The topological polar surface area (TPSA) is 101 Å². The maximum absolute atomic E-state index is 12.1. The molecule has 0 unspecified atom stereocenters. The summed E-state index contributed by atoms with van der Waals surface area (Å²) in [6, 6.07) is 0. The largest absolute Gasteiger partial charge is 0.333 e. The maximum Gasteiger partial charge on any atom is 0.273 e. The highest BCUT2D eigenvalue weighted by Crippen LogP contribution is 2.12. The van der Waals surface area contributed by atoms with E-state index in [1.165, 1.54) is 17.7 Å². The van der Waals surface area contributed by atoms with Gasteiger partial charge in [0, 0.05) is 18.8 Å². The van der Waals surface area contributed by atoms with Gasteiger partial charge in [-0.25, -0.2) is 9.97 Å². The van der Waals surface area contributed by atoms with E-state index in [4.69, 9.17) is 5.73 Å². The minimum atomic E-state index is -0.133. The number of H-pyrrole nitrogens is 1. The minimum absolute atomic E-state index is 0.133. The molecule has 2 aromatic rings. The number of nitrogens with two attached hydrogens (primary N) is 1. The number of rotatable bonds is 5. The lowest BCUT2D eigenvalue weighted by Gasteiger charge is -2.13. The highest BCUT2D eigenvalue weighted by Gasteiger charge is 2.16. The summed E-state index contributed by atoms with van der Waals surface area (Å²) in [5, 5.41) is 9.08. The molecule has 18 heavy (non-hydrogen) atoms. The van der Waals surface area contributed by atoms with Crippen LogP contribution in [0, 0.1) is 0 Å². The summed E-state index contributed by atoms with van der Waals surface area (Å²) in [6.07, 6.45) is 2.11. The van der Waals surface area contributed by atoms with Crippen LogP contribution in [0.5, 0.6) is 0 Å². The van der Waals surface area contributed by atoms with E-state index < -0.39 is 0 Å². The lowest BCUT2D eigenvalue weighted by Crippen LogP contribution is -2.27. The van der Waals surface area contributed by atoms with Crippen LogP contribution in [0.4, 0.5) is 0 Å². The Labute approximate surface area is 108 Å². The van der Waals surface area contributed by atoms with Crippen molar-refractivity contribution in [2.45, 2.75) is 13.0 Å². The van der Waals surface area contributed by atoms with Crippen LogP contribution in [0.25, 0.3) is 0 Å². The van der Waals surface area contributed by atoms with E-state index in [-0.39, 0.29) is 5.91 Å². The number of carbonyl (C=O) groups excluding carboxylic acids is 1. The van der Waals surface area contributed by atoms with Gasteiger partial charge in [-0.3, -0.25) is 9.89 Å². The average molecular weight is 266 g/mol. The van der Waals surface area contributed by atoms with Crippen molar-refractivity contribution in [1.82, 2.24) is 25.1 Å². The molecule has 0 aromatic carbocycles. The molecule has 8 heteroatoms. The van der Waals surface area contributed by atoms with Crippen LogP contribution in [0.3, 0.4) is 0 Å². The summed E-state index contributed by atoms with van der Waals surface area (Å²) in [5.74, 6) is 0.509. The molecule has 0 bridgehead atoms. The number of aromatic nitrogens is 4. The fraction of sp³-hybridized carbons (Fsp3) is 0.400. The van der Waals surface area contributed by atoms with Gasteiger partial charge in [-0.1, -0.05) is 0 Å². The summed E-state index contributed by atoms with van der Waals surface area (Å²) in [6.45, 7) is 0.914. The lowest BCUT2D eigenvalue weighted by molar-refractivity contribution is 0.0776. The molecule has 96 valence electrons. The Hall–Kier alpha value is -1.80. The van der Waals surface area contributed by atoms with Gasteiger partial charge in [-0.15, -0.1) is 11.3 Å². The zero-order valence-corrected chi connectivity index (χ0v) is 10.8. The Morgan fingerprint density at radius 3 is 3.11 bits per heavy atom. The lowest BCUT2D eigenvalue weighted by atomic mass is 10.4. The molecule has 0 atom stereocenters. The standard InChI is InChI=1S/C10H14N6OS/c1-16(4-8-12-6-13-15-8)10(17)7-5-18-9(14-7)2-3-11/h5-6H,2-4,11H2,1H3,(H,12,13,15). The van der Waals surface area contributed by atoms with Crippen LogP contribution >= 0.6 is 11.3 Å². The molecule has 0 aliphatic carbocycles. The SMILES string of the molecule is CN(Cc1ncn[nH]1)C(=O)c1csc(CCN)n1. The maximum atomic E-state index is 12.1. The Morgan fingerprint density at radius 1 is 1.61 bits per heavy atom. The van der Waals surface area contributed by atoms with Crippen LogP contribution in [0.1, 0.15) is 21.3 Å². The quantitative estimate of drug-likeness (QED) is 0.795. The first-order chi connectivity index (χ1) is 8.70. The van der Waals surface area contributed by atoms with Crippen molar-refractivity contribution in [2.75, 3.05) is 13.6 Å². The molecular formula is C10H14N6OS. The fourth-order valence-corrected chi connectivity index (χ4v) is 2.23. The fourth-order valence-electron chi connectivity index (χ4n) is 1.45. The van der Waals surface area contributed by atoms with Gasteiger partial charge in [0.1, 0.15) is 17.8 Å². The predicted molar refractivity (Wildman–Crippen MR) is 67.1 cm³/mol. The van der Waals surface area contributed by atoms with Gasteiger partial charge < -0.3 is 10.6 Å². The Bertz CT molecular complexity index is 508. The van der Waals surface area contributed by atoms with E-state index in [0.717, 1.165) is 5.01 Å². The second-order valence-electron chi connectivity index (χ2n) is 3.76. The number of carbonyl (C=O) groups is 1. The molecule has 0 radical (unpaired) electrons. The summed E-state index contributed by atoms with van der Waals surface area (Å²) in [5.41, 5.74) is 5.90. The molecule has 1 amide bonds. The number of aromatic amines is 1. The molecular weight excluding hydrogens is 252 g/mol. The van der Waals surface area contributed by atoms with Gasteiger partial charge in [-0.05, 0) is 6.54 Å². The van der Waals surface area contributed by atoms with Gasteiger partial charge in [0.2, 0.25) is 0 Å². The molecule has 3 N–H and O–H groups in total. The number of hydrogen-bond acceptors (Lipinski definition) is 6. The van der Waals surface area contributed by atoms with Crippen molar-refractivity contribution in [3.63, 3.8) is 0 Å². The average Bonchev–Trinajstić information content (AvgIpc) is 3.00. The Balaban J connectivity index is 2.01. The molecule has 0 saturated carbocycles. The van der Waals surface area contributed by atoms with Crippen LogP contribution in [-0.2, 0) is 13.0 Å². The summed E-state index contributed by atoms with van der Waals surface area (Å²) in [4.78, 5) is 21.8. The molecule has 0 fully saturated rings. The number of nitrogens with one attached hydrogen (secondary N) is 1. The second-order valence-corrected chi connectivity index (χ2v) is 4.70. The molecule has 0 aliphatic rings. The third-order valence-electron chi connectivity index (χ3n) is 2.33. The number of thiazole rings is 1. The van der Waals surface area contributed by atoms with Crippen molar-refractivity contribution < 1.29 is 4.79 Å². The van der Waals surface area contributed by atoms with Gasteiger partial charge in [0.15, 0.2) is 0 Å². The highest BCUT2D eigenvalue weighted by atomic mass is 32.1. The number of hydrogen-bond donors (Lipinski definition) is 2. The summed E-state index contributed by atoms with van der Waals surface area (Å²) in [7, 11) is 1.70. The Morgan fingerprint density at radius 2 is 2.44 bits per heavy atom. The van der Waals surface area contributed by atoms with E-state index >= 15 is 0 Å². The normalized spacial score (nSPS) is 10.6. The van der Waals surface area contributed by atoms with Gasteiger partial charge in [0.05, 0.1) is 11.6 Å². The zero-order valence-electron chi connectivity index (χ0n) is 9.96. The first-order valence-electron chi connectivity index (χ1n) is 5.45.